The molecule has 0 saturated carbocycles. The van der Waals surface area contributed by atoms with Crippen molar-refractivity contribution in [1.29, 1.82) is 5.26 Å². The number of rotatable bonds is 11. The van der Waals surface area contributed by atoms with Gasteiger partial charge in [-0.15, -0.1) is 22.7 Å². The Labute approximate surface area is 312 Å². The van der Waals surface area contributed by atoms with Gasteiger partial charge in [0.05, 0.1) is 17.9 Å². The minimum Gasteiger partial charge on any atom is -0.471 e. The number of nitriles is 1. The lowest BCUT2D eigenvalue weighted by Gasteiger charge is -2.19. The van der Waals surface area contributed by atoms with E-state index < -0.39 is 14.2 Å². The number of allylic oxidation sites excluding steroid dienone is 1. The van der Waals surface area contributed by atoms with E-state index in [0.717, 1.165) is 26.5 Å². The lowest BCUT2D eigenvalue weighted by Crippen LogP contribution is -2.48. The van der Waals surface area contributed by atoms with Crippen LogP contribution in [0.2, 0.25) is 13.1 Å². The van der Waals surface area contributed by atoms with E-state index in [1.165, 1.54) is 26.5 Å². The molecule has 13 nitrogen and oxygen atoms in total. The van der Waals surface area contributed by atoms with E-state index in [0.29, 0.717) is 47.2 Å². The number of anilines is 2. The molecule has 2 aromatic carbocycles. The number of nitrogens with one attached hydrogen (secondary N) is 2. The van der Waals surface area contributed by atoms with Crippen molar-refractivity contribution in [2.24, 2.45) is 0 Å². The fraction of sp³-hybridized carbons (Fsp3) is 0.189. The standard InChI is InChI=1S/C37H33N9O4S2Si/c1-46(12-13-48-37(47)40-18-21-8-10-22(11-9-21)19-49-35-30-33(42-20-41-30)44-36(39)45-35)29-16-28-32(52-29)31-27(53(28,2)3)15-24(51-31)14-23(17-38)34-43-25-6-4-5-7-26(25)50-34/h4-11,14-16,20H,12-13,18-19H2,1-3H3,(H,40,47)(H3,39,41,42,44,45)/b23-14-. The van der Waals surface area contributed by atoms with Crippen molar-refractivity contribution in [2.45, 2.75) is 26.2 Å². The number of thiophene rings is 2. The Morgan fingerprint density at radius 2 is 1.85 bits per heavy atom. The number of alkyl carbamates (subject to hydrolysis) is 1. The number of aromatic nitrogens is 5. The number of likely N-dealkylation sites (N-methyl/N-ethyl adjacent to an activating group) is 1. The molecule has 6 heterocycles. The highest BCUT2D eigenvalue weighted by molar-refractivity contribution is 7.30. The second-order valence-electron chi connectivity index (χ2n) is 13.0. The van der Waals surface area contributed by atoms with Crippen LogP contribution < -0.4 is 31.1 Å². The Morgan fingerprint density at radius 1 is 1.08 bits per heavy atom. The zero-order valence-electron chi connectivity index (χ0n) is 29.0. The molecule has 1 amide bonds. The number of fused-ring (bicyclic) bond motifs is 5. The predicted molar refractivity (Wildman–Crippen MR) is 210 cm³/mol. The number of carbonyl (C=O) groups excluding carboxylic acids is 1. The molecular formula is C37H33N9O4S2Si. The summed E-state index contributed by atoms with van der Waals surface area (Å²) in [6, 6.07) is 22.0. The largest absolute Gasteiger partial charge is 0.471 e. The summed E-state index contributed by atoms with van der Waals surface area (Å²) >= 11 is 3.46. The molecule has 0 fully saturated rings. The summed E-state index contributed by atoms with van der Waals surface area (Å²) in [5, 5.41) is 16.7. The highest BCUT2D eigenvalue weighted by atomic mass is 32.1. The molecule has 0 radical (unpaired) electrons. The van der Waals surface area contributed by atoms with Crippen molar-refractivity contribution in [1.82, 2.24) is 30.2 Å². The molecule has 1 aliphatic rings. The summed E-state index contributed by atoms with van der Waals surface area (Å²) in [7, 11) is 0.0654. The molecule has 7 aromatic rings. The number of benzene rings is 2. The number of aromatic amines is 1. The first-order valence-electron chi connectivity index (χ1n) is 16.7. The number of nitrogens with zero attached hydrogens (tertiary/aromatic N) is 6. The van der Waals surface area contributed by atoms with Gasteiger partial charge < -0.3 is 34.8 Å². The van der Waals surface area contributed by atoms with E-state index >= 15 is 0 Å². The molecule has 0 bridgehead atoms. The van der Waals surface area contributed by atoms with Gasteiger partial charge in [0.1, 0.15) is 44.0 Å². The van der Waals surface area contributed by atoms with Gasteiger partial charge in [-0.25, -0.2) is 14.8 Å². The van der Waals surface area contributed by atoms with Crippen LogP contribution in [0.15, 0.2) is 71.4 Å². The molecular weight excluding hydrogens is 727 g/mol. The summed E-state index contributed by atoms with van der Waals surface area (Å²) in [4.78, 5) is 38.0. The summed E-state index contributed by atoms with van der Waals surface area (Å²) in [6.07, 6.45) is 2.92. The Hall–Kier alpha value is -6.02. The van der Waals surface area contributed by atoms with Gasteiger partial charge in [-0.3, -0.25) is 0 Å². The maximum absolute atomic E-state index is 12.5. The normalized spacial score (nSPS) is 13.1. The van der Waals surface area contributed by atoms with Crippen LogP contribution in [0, 0.1) is 11.3 Å². The number of imidazole rings is 1. The predicted octanol–water partition coefficient (Wildman–Crippen LogP) is 6.01. The van der Waals surface area contributed by atoms with Gasteiger partial charge in [-0.05, 0) is 51.8 Å². The first-order chi connectivity index (χ1) is 25.7. The van der Waals surface area contributed by atoms with Gasteiger partial charge in [-0.1, -0.05) is 49.5 Å². The van der Waals surface area contributed by atoms with Gasteiger partial charge in [0.2, 0.25) is 17.7 Å². The number of nitrogen functional groups attached to an aromatic ring is 1. The van der Waals surface area contributed by atoms with Crippen LogP contribution in [0.25, 0.3) is 43.7 Å². The Bertz CT molecular complexity index is 2530. The third kappa shape index (κ3) is 6.73. The lowest BCUT2D eigenvalue weighted by molar-refractivity contribution is 0.148. The van der Waals surface area contributed by atoms with Gasteiger partial charge in [0.25, 0.3) is 0 Å². The third-order valence-corrected chi connectivity index (χ3v) is 15.4. The monoisotopic (exact) mass is 759 g/mol. The van der Waals surface area contributed by atoms with E-state index in [2.05, 4.69) is 66.4 Å². The highest BCUT2D eigenvalue weighted by Crippen LogP contribution is 2.42. The number of H-pyrrole nitrogens is 1. The van der Waals surface area contributed by atoms with Gasteiger partial charge in [-0.2, -0.15) is 15.2 Å². The molecule has 8 rings (SSSR count). The van der Waals surface area contributed by atoms with Crippen molar-refractivity contribution >= 4 is 92.1 Å². The van der Waals surface area contributed by atoms with Crippen LogP contribution in [0.4, 0.5) is 15.7 Å². The molecule has 0 saturated heterocycles. The average Bonchev–Trinajstić information content (AvgIpc) is 3.98. The van der Waals surface area contributed by atoms with Crippen molar-refractivity contribution in [3.63, 3.8) is 0 Å². The molecule has 266 valence electrons. The van der Waals surface area contributed by atoms with Crippen molar-refractivity contribution in [2.75, 3.05) is 30.8 Å². The van der Waals surface area contributed by atoms with E-state index in [-0.39, 0.29) is 19.2 Å². The number of hydrogen-bond acceptors (Lipinski definition) is 13. The molecule has 0 spiro atoms. The quantitative estimate of drug-likeness (QED) is 0.104. The minimum atomic E-state index is -1.95. The molecule has 1 aliphatic heterocycles. The fourth-order valence-corrected chi connectivity index (χ4v) is 13.3. The van der Waals surface area contributed by atoms with Crippen molar-refractivity contribution < 1.29 is 18.7 Å². The lowest BCUT2D eigenvalue weighted by atomic mass is 10.1. The van der Waals surface area contributed by atoms with Gasteiger partial charge in [0, 0.05) is 28.2 Å². The second kappa shape index (κ2) is 13.8. The molecule has 4 N–H and O–H groups in total. The molecule has 0 aliphatic carbocycles. The number of ether oxygens (including phenoxy) is 2. The summed E-state index contributed by atoms with van der Waals surface area (Å²) < 4.78 is 17.2. The number of carbonyl (C=O) groups is 1. The zero-order chi connectivity index (χ0) is 36.7. The van der Waals surface area contributed by atoms with E-state index in [9.17, 15) is 10.1 Å². The number of nitrogens with two attached hydrogens (primary N) is 1. The van der Waals surface area contributed by atoms with Crippen LogP contribution in [0.1, 0.15) is 21.9 Å². The number of amides is 1. The molecule has 0 atom stereocenters. The average molecular weight is 760 g/mol. The summed E-state index contributed by atoms with van der Waals surface area (Å²) in [5.41, 5.74) is 10.4. The van der Waals surface area contributed by atoms with Crippen LogP contribution in [-0.4, -0.2) is 59.3 Å². The van der Waals surface area contributed by atoms with Crippen LogP contribution in [0.5, 0.6) is 5.88 Å². The van der Waals surface area contributed by atoms with E-state index in [1.807, 2.05) is 61.7 Å². The first kappa shape index (κ1) is 34.1. The van der Waals surface area contributed by atoms with Gasteiger partial charge >= 0.3 is 6.09 Å². The maximum Gasteiger partial charge on any atom is 0.407 e. The zero-order valence-corrected chi connectivity index (χ0v) is 31.6. The highest BCUT2D eigenvalue weighted by Gasteiger charge is 2.41. The maximum atomic E-state index is 12.5. The Balaban J connectivity index is 0.839. The van der Waals surface area contributed by atoms with E-state index in [4.69, 9.17) is 19.6 Å². The first-order valence-corrected chi connectivity index (χ1v) is 21.4. The smallest absolute Gasteiger partial charge is 0.407 e. The number of para-hydroxylation sites is 2. The van der Waals surface area contributed by atoms with Crippen molar-refractivity contribution in [3.05, 3.63) is 88.9 Å². The number of hydrogen-bond donors (Lipinski definition) is 3. The minimum absolute atomic E-state index is 0.0898. The van der Waals surface area contributed by atoms with Crippen LogP contribution in [0.3, 0.4) is 0 Å². The van der Waals surface area contributed by atoms with Crippen LogP contribution in [-0.2, 0) is 17.9 Å². The molecule has 5 aromatic heterocycles. The topological polar surface area (TPSA) is 181 Å². The summed E-state index contributed by atoms with van der Waals surface area (Å²) in [5.74, 6) is 0.754. The second-order valence-corrected chi connectivity index (χ2v) is 19.4. The molecule has 16 heteroatoms. The van der Waals surface area contributed by atoms with Gasteiger partial charge in [0.15, 0.2) is 11.2 Å². The summed E-state index contributed by atoms with van der Waals surface area (Å²) in [6.45, 7) is 6.13. The molecule has 53 heavy (non-hydrogen) atoms. The number of oxazole rings is 1. The van der Waals surface area contributed by atoms with E-state index in [1.54, 1.807) is 22.7 Å². The molecule has 0 unspecified atom stereocenters. The SMILES string of the molecule is CN(CCOC(=O)NCc1ccc(COc2nc(N)nc3nc[nH]c23)cc1)c1cc2c(s1)-c1sc(/C=C(/C#N)c3nc4ccccc4o3)cc1[Si]2(C)C. The van der Waals surface area contributed by atoms with Crippen LogP contribution >= 0.6 is 22.7 Å². The fourth-order valence-electron chi connectivity index (χ4n) is 6.17. The Morgan fingerprint density at radius 3 is 2.66 bits per heavy atom. The Kier molecular flexibility index (Phi) is 8.90. The third-order valence-electron chi connectivity index (χ3n) is 9.10. The van der Waals surface area contributed by atoms with Crippen molar-refractivity contribution in [3.8, 4) is 21.7 Å².